The summed E-state index contributed by atoms with van der Waals surface area (Å²) >= 11 is 0. The van der Waals surface area contributed by atoms with Crippen molar-refractivity contribution >= 4 is 16.8 Å². The van der Waals surface area contributed by atoms with Gasteiger partial charge < -0.3 is 5.32 Å². The summed E-state index contributed by atoms with van der Waals surface area (Å²) in [6, 6.07) is 8.96. The molecule has 1 aromatic carbocycles. The quantitative estimate of drug-likeness (QED) is 0.679. The van der Waals surface area contributed by atoms with Crippen LogP contribution in [0.1, 0.15) is 44.1 Å². The molecule has 7 nitrogen and oxygen atoms in total. The molecule has 7 heteroatoms. The van der Waals surface area contributed by atoms with Gasteiger partial charge >= 0.3 is 0 Å². The number of nitrogens with one attached hydrogen (secondary N) is 1. The number of carbonyl (C=O) groups is 1. The maximum Gasteiger partial charge on any atom is 0.278 e. The Morgan fingerprint density at radius 1 is 1.19 bits per heavy atom. The third-order valence-electron chi connectivity index (χ3n) is 4.72. The van der Waals surface area contributed by atoms with E-state index in [-0.39, 0.29) is 11.5 Å². The Balaban J connectivity index is 2.07. The third-order valence-corrected chi connectivity index (χ3v) is 4.72. The largest absolute Gasteiger partial charge is 0.354 e. The highest BCUT2D eigenvalue weighted by atomic mass is 16.2. The van der Waals surface area contributed by atoms with Gasteiger partial charge in [0.1, 0.15) is 11.6 Å². The van der Waals surface area contributed by atoms with E-state index in [1.807, 2.05) is 44.2 Å². The molecule has 1 N–H and O–H groups in total. The van der Waals surface area contributed by atoms with Crippen LogP contribution in [0.2, 0.25) is 0 Å². The first kappa shape index (κ1) is 18.8. The van der Waals surface area contributed by atoms with Crippen LogP contribution in [0.4, 0.5) is 0 Å². The van der Waals surface area contributed by atoms with Crippen LogP contribution in [0, 0.1) is 13.8 Å². The van der Waals surface area contributed by atoms with Crippen molar-refractivity contribution in [3.8, 4) is 5.69 Å². The Hall–Kier alpha value is -2.96. The lowest BCUT2D eigenvalue weighted by Crippen LogP contribution is -2.37. The van der Waals surface area contributed by atoms with Gasteiger partial charge in [-0.2, -0.15) is 10.2 Å². The van der Waals surface area contributed by atoms with Gasteiger partial charge in [-0.1, -0.05) is 31.5 Å². The highest BCUT2D eigenvalue weighted by molar-refractivity contribution is 5.84. The molecule has 1 atom stereocenters. The van der Waals surface area contributed by atoms with Crippen molar-refractivity contribution in [3.63, 3.8) is 0 Å². The van der Waals surface area contributed by atoms with Gasteiger partial charge in [0.25, 0.3) is 5.56 Å². The molecule has 0 spiro atoms. The fourth-order valence-electron chi connectivity index (χ4n) is 3.11. The van der Waals surface area contributed by atoms with Gasteiger partial charge in [0.2, 0.25) is 5.91 Å². The van der Waals surface area contributed by atoms with E-state index < -0.39 is 6.04 Å². The molecule has 0 aliphatic rings. The molecule has 3 aromatic rings. The van der Waals surface area contributed by atoms with Crippen LogP contribution in [0.25, 0.3) is 16.6 Å². The molecule has 0 aliphatic carbocycles. The molecule has 3 rings (SSSR count). The smallest absolute Gasteiger partial charge is 0.278 e. The first-order valence-electron chi connectivity index (χ1n) is 9.27. The predicted molar refractivity (Wildman–Crippen MR) is 105 cm³/mol. The zero-order valence-corrected chi connectivity index (χ0v) is 16.2. The van der Waals surface area contributed by atoms with Crippen LogP contribution in [-0.2, 0) is 4.79 Å². The zero-order valence-electron chi connectivity index (χ0n) is 16.2. The molecule has 2 heterocycles. The lowest BCUT2D eigenvalue weighted by molar-refractivity contribution is -0.124. The highest BCUT2D eigenvalue weighted by Gasteiger charge is 2.22. The van der Waals surface area contributed by atoms with Crippen molar-refractivity contribution in [1.29, 1.82) is 0 Å². The number of hydrogen-bond acceptors (Lipinski definition) is 4. The minimum absolute atomic E-state index is 0.204. The van der Waals surface area contributed by atoms with Crippen molar-refractivity contribution in [2.75, 3.05) is 6.54 Å². The number of para-hydroxylation sites is 1. The Bertz CT molecular complexity index is 1020. The second-order valence-corrected chi connectivity index (χ2v) is 6.71. The molecule has 1 amide bonds. The van der Waals surface area contributed by atoms with Gasteiger partial charge in [0.15, 0.2) is 0 Å². The van der Waals surface area contributed by atoms with Crippen molar-refractivity contribution in [1.82, 2.24) is 24.9 Å². The van der Waals surface area contributed by atoms with E-state index in [0.29, 0.717) is 23.1 Å². The van der Waals surface area contributed by atoms with E-state index in [4.69, 9.17) is 0 Å². The van der Waals surface area contributed by atoms with Gasteiger partial charge in [-0.05, 0) is 39.3 Å². The predicted octanol–water partition coefficient (Wildman–Crippen LogP) is 2.68. The van der Waals surface area contributed by atoms with Crippen molar-refractivity contribution < 1.29 is 4.79 Å². The molecule has 0 saturated heterocycles. The number of carbonyl (C=O) groups excluding carboxylic acids is 1. The number of hydrogen-bond donors (Lipinski definition) is 1. The summed E-state index contributed by atoms with van der Waals surface area (Å²) in [4.78, 5) is 25.5. The Morgan fingerprint density at radius 2 is 1.89 bits per heavy atom. The summed E-state index contributed by atoms with van der Waals surface area (Å²) in [6.45, 7) is 8.02. The highest BCUT2D eigenvalue weighted by Crippen LogP contribution is 2.20. The molecule has 142 valence electrons. The van der Waals surface area contributed by atoms with E-state index in [1.165, 1.54) is 4.68 Å². The van der Waals surface area contributed by atoms with Crippen LogP contribution >= 0.6 is 0 Å². The lowest BCUT2D eigenvalue weighted by atomic mass is 10.2. The molecule has 0 saturated carbocycles. The minimum Gasteiger partial charge on any atom is -0.354 e. The maximum atomic E-state index is 13.1. The number of unbranched alkanes of at least 4 members (excludes halogenated alkanes) is 1. The summed E-state index contributed by atoms with van der Waals surface area (Å²) in [5, 5.41) is 12.3. The van der Waals surface area contributed by atoms with Crippen LogP contribution in [-0.4, -0.2) is 32.0 Å². The van der Waals surface area contributed by atoms with Gasteiger partial charge in [-0.25, -0.2) is 9.36 Å². The van der Waals surface area contributed by atoms with E-state index in [1.54, 1.807) is 11.6 Å². The SMILES string of the molecule is CCCCNC(=O)[C@H](C)n1nc(C)c2nn(-c3ccccc3)c(C)c2c1=O. The Labute approximate surface area is 158 Å². The van der Waals surface area contributed by atoms with Crippen molar-refractivity contribution in [3.05, 3.63) is 52.1 Å². The van der Waals surface area contributed by atoms with Crippen molar-refractivity contribution in [2.24, 2.45) is 0 Å². The summed E-state index contributed by atoms with van der Waals surface area (Å²) in [5.41, 5.74) is 2.50. The van der Waals surface area contributed by atoms with Crippen LogP contribution in [0.3, 0.4) is 0 Å². The van der Waals surface area contributed by atoms with Gasteiger partial charge in [-0.15, -0.1) is 0 Å². The number of aromatic nitrogens is 4. The first-order valence-corrected chi connectivity index (χ1v) is 9.27. The number of benzene rings is 1. The summed E-state index contributed by atoms with van der Waals surface area (Å²) in [6.07, 6.45) is 1.90. The molecule has 0 fully saturated rings. The summed E-state index contributed by atoms with van der Waals surface area (Å²) in [7, 11) is 0. The molecular formula is C20H25N5O2. The molecule has 0 aliphatic heterocycles. The Kier molecular flexibility index (Phi) is 5.39. The number of amides is 1. The number of rotatable bonds is 6. The van der Waals surface area contributed by atoms with E-state index in [2.05, 4.69) is 22.4 Å². The number of aryl methyl sites for hydroxylation is 2. The summed E-state index contributed by atoms with van der Waals surface area (Å²) in [5.74, 6) is -0.204. The second-order valence-electron chi connectivity index (χ2n) is 6.71. The fourth-order valence-corrected chi connectivity index (χ4v) is 3.11. The van der Waals surface area contributed by atoms with E-state index in [9.17, 15) is 9.59 Å². The molecule has 0 bridgehead atoms. The van der Waals surface area contributed by atoms with Crippen LogP contribution < -0.4 is 10.9 Å². The second kappa shape index (κ2) is 7.73. The molecule has 0 radical (unpaired) electrons. The van der Waals surface area contributed by atoms with E-state index in [0.717, 1.165) is 24.2 Å². The fraction of sp³-hybridized carbons (Fsp3) is 0.400. The normalized spacial score (nSPS) is 12.3. The lowest BCUT2D eigenvalue weighted by Gasteiger charge is -2.14. The van der Waals surface area contributed by atoms with Gasteiger partial charge in [0.05, 0.1) is 22.5 Å². The Morgan fingerprint density at radius 3 is 2.56 bits per heavy atom. The average Bonchev–Trinajstić information content (AvgIpc) is 3.03. The first-order chi connectivity index (χ1) is 13.0. The monoisotopic (exact) mass is 367 g/mol. The molecule has 0 unspecified atom stereocenters. The van der Waals surface area contributed by atoms with Crippen molar-refractivity contribution in [2.45, 2.75) is 46.6 Å². The number of fused-ring (bicyclic) bond motifs is 1. The van der Waals surface area contributed by atoms with Gasteiger partial charge in [0, 0.05) is 6.54 Å². The molecule has 2 aromatic heterocycles. The zero-order chi connectivity index (χ0) is 19.6. The average molecular weight is 367 g/mol. The summed E-state index contributed by atoms with van der Waals surface area (Å²) < 4.78 is 3.01. The third kappa shape index (κ3) is 3.49. The minimum atomic E-state index is -0.683. The number of nitrogens with zero attached hydrogens (tertiary/aromatic N) is 4. The maximum absolute atomic E-state index is 13.1. The standard InChI is InChI=1S/C20H25N5O2/c1-5-6-12-21-19(26)15(4)25-20(27)17-14(3)24(16-10-8-7-9-11-16)23-18(17)13(2)22-25/h7-11,15H,5-6,12H2,1-4H3,(H,21,26)/t15-/m0/s1. The van der Waals surface area contributed by atoms with E-state index >= 15 is 0 Å². The topological polar surface area (TPSA) is 81.8 Å². The molecule has 27 heavy (non-hydrogen) atoms. The molecular weight excluding hydrogens is 342 g/mol. The van der Waals surface area contributed by atoms with Crippen LogP contribution in [0.15, 0.2) is 35.1 Å². The van der Waals surface area contributed by atoms with Crippen LogP contribution in [0.5, 0.6) is 0 Å². The van der Waals surface area contributed by atoms with Gasteiger partial charge in [-0.3, -0.25) is 9.59 Å².